The number of anilines is 1. The SMILES string of the molecule is Cc1cc(C(=O)Nc2ccccc2-c2cccs2)c2ccccc2n1. The summed E-state index contributed by atoms with van der Waals surface area (Å²) >= 11 is 1.66. The van der Waals surface area contributed by atoms with Crippen LogP contribution in [0.2, 0.25) is 0 Å². The number of nitrogens with zero attached hydrogens (tertiary/aromatic N) is 1. The van der Waals surface area contributed by atoms with Crippen molar-refractivity contribution in [2.75, 3.05) is 5.32 Å². The van der Waals surface area contributed by atoms with Crippen LogP contribution in [-0.2, 0) is 0 Å². The predicted molar refractivity (Wildman–Crippen MR) is 104 cm³/mol. The minimum atomic E-state index is -0.120. The summed E-state index contributed by atoms with van der Waals surface area (Å²) in [5, 5.41) is 5.97. The molecule has 2 aromatic carbocycles. The fourth-order valence-electron chi connectivity index (χ4n) is 2.92. The van der Waals surface area contributed by atoms with Crippen molar-refractivity contribution in [3.8, 4) is 10.4 Å². The lowest BCUT2D eigenvalue weighted by atomic mass is 10.1. The summed E-state index contributed by atoms with van der Waals surface area (Å²) in [6, 6.07) is 21.5. The smallest absolute Gasteiger partial charge is 0.256 e. The Labute approximate surface area is 150 Å². The molecule has 0 aliphatic heterocycles. The van der Waals surface area contributed by atoms with Gasteiger partial charge in [-0.05, 0) is 36.6 Å². The van der Waals surface area contributed by atoms with Gasteiger partial charge in [0.1, 0.15) is 0 Å². The molecule has 4 aromatic rings. The second-order valence-corrected chi connectivity index (χ2v) is 6.75. The number of hydrogen-bond donors (Lipinski definition) is 1. The van der Waals surface area contributed by atoms with Crippen molar-refractivity contribution in [1.29, 1.82) is 0 Å². The van der Waals surface area contributed by atoms with Gasteiger partial charge in [0, 0.05) is 27.2 Å². The number of carbonyl (C=O) groups is 1. The summed E-state index contributed by atoms with van der Waals surface area (Å²) in [5.41, 5.74) is 4.15. The number of nitrogens with one attached hydrogen (secondary N) is 1. The lowest BCUT2D eigenvalue weighted by Gasteiger charge is -2.12. The van der Waals surface area contributed by atoms with Crippen molar-refractivity contribution < 1.29 is 4.79 Å². The molecule has 0 radical (unpaired) electrons. The number of thiophene rings is 1. The van der Waals surface area contributed by atoms with Gasteiger partial charge in [0.25, 0.3) is 5.91 Å². The van der Waals surface area contributed by atoms with E-state index in [2.05, 4.69) is 16.4 Å². The predicted octanol–water partition coefficient (Wildman–Crippen LogP) is 5.52. The minimum absolute atomic E-state index is 0.120. The van der Waals surface area contributed by atoms with Gasteiger partial charge < -0.3 is 5.32 Å². The van der Waals surface area contributed by atoms with E-state index in [1.54, 1.807) is 11.3 Å². The fourth-order valence-corrected chi connectivity index (χ4v) is 3.69. The normalized spacial score (nSPS) is 10.8. The summed E-state index contributed by atoms with van der Waals surface area (Å²) < 4.78 is 0. The van der Waals surface area contributed by atoms with Crippen LogP contribution in [0.3, 0.4) is 0 Å². The molecule has 0 bridgehead atoms. The number of hydrogen-bond acceptors (Lipinski definition) is 3. The number of amides is 1. The maximum Gasteiger partial charge on any atom is 0.256 e. The first-order valence-electron chi connectivity index (χ1n) is 8.03. The largest absolute Gasteiger partial charge is 0.321 e. The van der Waals surface area contributed by atoms with Crippen molar-refractivity contribution in [3.63, 3.8) is 0 Å². The van der Waals surface area contributed by atoms with Gasteiger partial charge in [-0.2, -0.15) is 0 Å². The minimum Gasteiger partial charge on any atom is -0.321 e. The first-order valence-corrected chi connectivity index (χ1v) is 8.91. The van der Waals surface area contributed by atoms with Crippen LogP contribution in [0.4, 0.5) is 5.69 Å². The monoisotopic (exact) mass is 344 g/mol. The molecule has 0 saturated heterocycles. The van der Waals surface area contributed by atoms with Gasteiger partial charge >= 0.3 is 0 Å². The molecule has 4 rings (SSSR count). The van der Waals surface area contributed by atoms with Crippen LogP contribution in [0.25, 0.3) is 21.3 Å². The van der Waals surface area contributed by atoms with Crippen LogP contribution in [0.5, 0.6) is 0 Å². The fraction of sp³-hybridized carbons (Fsp3) is 0.0476. The number of benzene rings is 2. The van der Waals surface area contributed by atoms with E-state index in [4.69, 9.17) is 0 Å². The molecule has 0 aliphatic rings. The number of pyridine rings is 1. The van der Waals surface area contributed by atoms with E-state index in [0.717, 1.165) is 32.7 Å². The average Bonchev–Trinajstić information content (AvgIpc) is 3.16. The summed E-state index contributed by atoms with van der Waals surface area (Å²) in [6.45, 7) is 1.91. The number of fused-ring (bicyclic) bond motifs is 1. The summed E-state index contributed by atoms with van der Waals surface area (Å²) in [5.74, 6) is -0.120. The highest BCUT2D eigenvalue weighted by Crippen LogP contribution is 2.32. The topological polar surface area (TPSA) is 42.0 Å². The molecular weight excluding hydrogens is 328 g/mol. The maximum atomic E-state index is 13.0. The van der Waals surface area contributed by atoms with Crippen molar-refractivity contribution in [2.45, 2.75) is 6.92 Å². The van der Waals surface area contributed by atoms with E-state index in [1.807, 2.05) is 73.0 Å². The standard InChI is InChI=1S/C21H16N2OS/c1-14-13-17(15-7-2-4-9-18(15)22-14)21(24)23-19-10-5-3-8-16(19)20-11-6-12-25-20/h2-13H,1H3,(H,23,24). The van der Waals surface area contributed by atoms with Crippen LogP contribution < -0.4 is 5.32 Å². The Hall–Kier alpha value is -2.98. The van der Waals surface area contributed by atoms with Crippen molar-refractivity contribution in [3.05, 3.63) is 83.4 Å². The second kappa shape index (κ2) is 6.49. The zero-order valence-electron chi connectivity index (χ0n) is 13.7. The van der Waals surface area contributed by atoms with Crippen LogP contribution >= 0.6 is 11.3 Å². The number of rotatable bonds is 3. The Balaban J connectivity index is 1.75. The molecule has 0 saturated carbocycles. The van der Waals surface area contributed by atoms with E-state index in [-0.39, 0.29) is 5.91 Å². The van der Waals surface area contributed by atoms with E-state index in [0.29, 0.717) is 5.56 Å². The lowest BCUT2D eigenvalue weighted by Crippen LogP contribution is -2.13. The molecule has 0 fully saturated rings. The molecular formula is C21H16N2OS. The van der Waals surface area contributed by atoms with Crippen LogP contribution in [0.15, 0.2) is 72.1 Å². The van der Waals surface area contributed by atoms with E-state index >= 15 is 0 Å². The third-order valence-corrected chi connectivity index (χ3v) is 4.95. The molecule has 1 N–H and O–H groups in total. The van der Waals surface area contributed by atoms with Gasteiger partial charge in [0.15, 0.2) is 0 Å². The highest BCUT2D eigenvalue weighted by Gasteiger charge is 2.14. The van der Waals surface area contributed by atoms with Gasteiger partial charge in [0.05, 0.1) is 11.1 Å². The Morgan fingerprint density at radius 1 is 1.00 bits per heavy atom. The first-order chi connectivity index (χ1) is 12.2. The average molecular weight is 344 g/mol. The molecule has 3 nitrogen and oxygen atoms in total. The van der Waals surface area contributed by atoms with Gasteiger partial charge in [-0.3, -0.25) is 9.78 Å². The maximum absolute atomic E-state index is 13.0. The molecule has 4 heteroatoms. The lowest BCUT2D eigenvalue weighted by molar-refractivity contribution is 0.102. The highest BCUT2D eigenvalue weighted by molar-refractivity contribution is 7.13. The first kappa shape index (κ1) is 15.5. The van der Waals surface area contributed by atoms with Gasteiger partial charge in [-0.1, -0.05) is 42.5 Å². The number of aryl methyl sites for hydroxylation is 1. The molecule has 0 atom stereocenters. The summed E-state index contributed by atoms with van der Waals surface area (Å²) in [7, 11) is 0. The molecule has 122 valence electrons. The third-order valence-electron chi connectivity index (χ3n) is 4.05. The van der Waals surface area contributed by atoms with Gasteiger partial charge in [0.2, 0.25) is 0 Å². The van der Waals surface area contributed by atoms with Gasteiger partial charge in [-0.15, -0.1) is 11.3 Å². The third kappa shape index (κ3) is 3.04. The second-order valence-electron chi connectivity index (χ2n) is 5.81. The van der Waals surface area contributed by atoms with E-state index in [1.165, 1.54) is 0 Å². The Morgan fingerprint density at radius 3 is 2.64 bits per heavy atom. The van der Waals surface area contributed by atoms with E-state index in [9.17, 15) is 4.79 Å². The molecule has 0 unspecified atom stereocenters. The van der Waals surface area contributed by atoms with Crippen molar-refractivity contribution in [1.82, 2.24) is 4.98 Å². The Morgan fingerprint density at radius 2 is 1.80 bits per heavy atom. The number of aromatic nitrogens is 1. The quantitative estimate of drug-likeness (QED) is 0.531. The van der Waals surface area contributed by atoms with Crippen molar-refractivity contribution >= 4 is 33.8 Å². The molecule has 2 heterocycles. The molecule has 2 aromatic heterocycles. The Bertz CT molecular complexity index is 1050. The molecule has 1 amide bonds. The Kier molecular flexibility index (Phi) is 4.04. The molecule has 25 heavy (non-hydrogen) atoms. The number of para-hydroxylation sites is 2. The van der Waals surface area contributed by atoms with E-state index < -0.39 is 0 Å². The zero-order valence-corrected chi connectivity index (χ0v) is 14.5. The van der Waals surface area contributed by atoms with Crippen LogP contribution in [0, 0.1) is 6.92 Å². The van der Waals surface area contributed by atoms with Crippen molar-refractivity contribution in [2.24, 2.45) is 0 Å². The van der Waals surface area contributed by atoms with Crippen LogP contribution in [0.1, 0.15) is 16.1 Å². The summed E-state index contributed by atoms with van der Waals surface area (Å²) in [6.07, 6.45) is 0. The molecule has 0 aliphatic carbocycles. The highest BCUT2D eigenvalue weighted by atomic mass is 32.1. The summed E-state index contributed by atoms with van der Waals surface area (Å²) in [4.78, 5) is 18.6. The van der Waals surface area contributed by atoms with Gasteiger partial charge in [-0.25, -0.2) is 0 Å². The zero-order chi connectivity index (χ0) is 17.2. The molecule has 0 spiro atoms. The van der Waals surface area contributed by atoms with Crippen LogP contribution in [-0.4, -0.2) is 10.9 Å². The number of carbonyl (C=O) groups excluding carboxylic acids is 1.